The van der Waals surface area contributed by atoms with Gasteiger partial charge in [0.15, 0.2) is 0 Å². The molecule has 1 aliphatic rings. The van der Waals surface area contributed by atoms with E-state index in [-0.39, 0.29) is 6.10 Å². The Morgan fingerprint density at radius 2 is 1.71 bits per heavy atom. The molecule has 0 radical (unpaired) electrons. The molecular weight excluding hydrogens is 262 g/mol. The van der Waals surface area contributed by atoms with Gasteiger partial charge >= 0.3 is 0 Å². The highest BCUT2D eigenvalue weighted by atomic mass is 16.6. The van der Waals surface area contributed by atoms with Crippen molar-refractivity contribution < 1.29 is 9.94 Å². The third-order valence-electron chi connectivity index (χ3n) is 3.86. The average molecular weight is 281 g/mol. The molecule has 0 amide bonds. The molecular formula is C18H19NO2. The number of benzene rings is 2. The number of nitrogens with zero attached hydrogens (tertiary/aromatic N) is 1. The second kappa shape index (κ2) is 5.70. The van der Waals surface area contributed by atoms with E-state index in [1.165, 1.54) is 0 Å². The predicted molar refractivity (Wildman–Crippen MR) is 83.1 cm³/mol. The first-order chi connectivity index (χ1) is 10.1. The highest BCUT2D eigenvalue weighted by Crippen LogP contribution is 2.30. The molecule has 1 heterocycles. The molecule has 0 spiro atoms. The van der Waals surface area contributed by atoms with E-state index in [0.717, 1.165) is 23.3 Å². The minimum Gasteiger partial charge on any atom is -0.392 e. The van der Waals surface area contributed by atoms with Crippen LogP contribution in [-0.2, 0) is 10.4 Å². The fourth-order valence-corrected chi connectivity index (χ4v) is 2.70. The van der Waals surface area contributed by atoms with E-state index in [1.54, 1.807) is 0 Å². The zero-order chi connectivity index (χ0) is 14.7. The molecule has 0 bridgehead atoms. The molecule has 2 aromatic carbocycles. The molecule has 0 saturated carbocycles. The largest absolute Gasteiger partial charge is 0.392 e. The van der Waals surface area contributed by atoms with Crippen LogP contribution in [0.4, 0.5) is 0 Å². The molecule has 21 heavy (non-hydrogen) atoms. The zero-order valence-electron chi connectivity index (χ0n) is 12.1. The van der Waals surface area contributed by atoms with Crippen LogP contribution in [0.2, 0.25) is 0 Å². The highest BCUT2D eigenvalue weighted by Gasteiger charge is 2.32. The summed E-state index contributed by atoms with van der Waals surface area (Å²) in [6, 6.07) is 19.7. The number of oxime groups is 1. The summed E-state index contributed by atoms with van der Waals surface area (Å²) in [5.41, 5.74) is 2.03. The van der Waals surface area contributed by atoms with Gasteiger partial charge in [0.05, 0.1) is 11.3 Å². The van der Waals surface area contributed by atoms with E-state index in [2.05, 4.69) is 5.16 Å². The van der Waals surface area contributed by atoms with Crippen LogP contribution in [0.5, 0.6) is 0 Å². The lowest BCUT2D eigenvalue weighted by Gasteiger charge is -2.26. The van der Waals surface area contributed by atoms with Crippen LogP contribution >= 0.6 is 0 Å². The summed E-state index contributed by atoms with van der Waals surface area (Å²) in [5.74, 6) is 0. The Labute approximate surface area is 124 Å². The molecule has 0 unspecified atom stereocenters. The molecule has 2 aromatic rings. The Bertz CT molecular complexity index is 620. The van der Waals surface area contributed by atoms with Crippen molar-refractivity contribution in [3.8, 4) is 0 Å². The van der Waals surface area contributed by atoms with Crippen LogP contribution in [0, 0.1) is 0 Å². The van der Waals surface area contributed by atoms with Crippen LogP contribution < -0.4 is 0 Å². The van der Waals surface area contributed by atoms with Gasteiger partial charge in [-0.15, -0.1) is 0 Å². The Morgan fingerprint density at radius 3 is 2.38 bits per heavy atom. The van der Waals surface area contributed by atoms with E-state index < -0.39 is 5.60 Å². The lowest BCUT2D eigenvalue weighted by molar-refractivity contribution is -0.0195. The first-order valence-corrected chi connectivity index (χ1v) is 7.21. The lowest BCUT2D eigenvalue weighted by Crippen LogP contribution is -2.27. The lowest BCUT2D eigenvalue weighted by atomic mass is 9.88. The van der Waals surface area contributed by atoms with Crippen molar-refractivity contribution in [3.63, 3.8) is 0 Å². The van der Waals surface area contributed by atoms with Gasteiger partial charge in [0.1, 0.15) is 6.10 Å². The van der Waals surface area contributed by atoms with Crippen molar-refractivity contribution in [2.24, 2.45) is 5.16 Å². The number of hydrogen-bond acceptors (Lipinski definition) is 3. The molecule has 2 atom stereocenters. The van der Waals surface area contributed by atoms with Crippen molar-refractivity contribution in [3.05, 3.63) is 71.8 Å². The number of aliphatic hydroxyl groups is 1. The minimum absolute atomic E-state index is 0.0876. The Kier molecular flexibility index (Phi) is 3.76. The quantitative estimate of drug-likeness (QED) is 0.932. The van der Waals surface area contributed by atoms with Gasteiger partial charge in [-0.25, -0.2) is 0 Å². The summed E-state index contributed by atoms with van der Waals surface area (Å²) in [7, 11) is 0. The molecule has 1 aliphatic heterocycles. The van der Waals surface area contributed by atoms with Gasteiger partial charge in [-0.1, -0.05) is 65.8 Å². The fourth-order valence-electron chi connectivity index (χ4n) is 2.70. The Balaban J connectivity index is 1.66. The van der Waals surface area contributed by atoms with Crippen LogP contribution in [-0.4, -0.2) is 16.9 Å². The van der Waals surface area contributed by atoms with E-state index >= 15 is 0 Å². The molecule has 108 valence electrons. The van der Waals surface area contributed by atoms with Gasteiger partial charge < -0.3 is 9.94 Å². The topological polar surface area (TPSA) is 41.8 Å². The summed E-state index contributed by atoms with van der Waals surface area (Å²) >= 11 is 0. The molecule has 0 saturated heterocycles. The summed E-state index contributed by atoms with van der Waals surface area (Å²) in [6.45, 7) is 1.83. The molecule has 3 heteroatoms. The van der Waals surface area contributed by atoms with Crippen LogP contribution in [0.3, 0.4) is 0 Å². The number of rotatable bonds is 4. The maximum absolute atomic E-state index is 10.7. The maximum Gasteiger partial charge on any atom is 0.136 e. The molecule has 0 aliphatic carbocycles. The highest BCUT2D eigenvalue weighted by molar-refractivity contribution is 6.01. The Morgan fingerprint density at radius 1 is 1.10 bits per heavy atom. The van der Waals surface area contributed by atoms with Gasteiger partial charge in [0, 0.05) is 12.8 Å². The van der Waals surface area contributed by atoms with Gasteiger partial charge in [0.2, 0.25) is 0 Å². The Hall–Kier alpha value is -2.13. The van der Waals surface area contributed by atoms with Gasteiger partial charge in [0.25, 0.3) is 0 Å². The van der Waals surface area contributed by atoms with Gasteiger partial charge in [-0.3, -0.25) is 0 Å². The first kappa shape index (κ1) is 13.8. The molecule has 0 aromatic heterocycles. The van der Waals surface area contributed by atoms with Gasteiger partial charge in [-0.2, -0.15) is 0 Å². The normalized spacial score (nSPS) is 20.5. The van der Waals surface area contributed by atoms with Crippen LogP contribution in [0.1, 0.15) is 30.9 Å². The van der Waals surface area contributed by atoms with E-state index in [0.29, 0.717) is 6.42 Å². The van der Waals surface area contributed by atoms with Crippen LogP contribution in [0.25, 0.3) is 0 Å². The van der Waals surface area contributed by atoms with Gasteiger partial charge in [-0.05, 0) is 18.1 Å². The molecule has 3 rings (SSSR count). The van der Waals surface area contributed by atoms with E-state index in [9.17, 15) is 5.11 Å². The zero-order valence-corrected chi connectivity index (χ0v) is 12.1. The number of hydrogen-bond donors (Lipinski definition) is 1. The van der Waals surface area contributed by atoms with Crippen molar-refractivity contribution in [2.45, 2.75) is 31.5 Å². The smallest absolute Gasteiger partial charge is 0.136 e. The monoisotopic (exact) mass is 281 g/mol. The van der Waals surface area contributed by atoms with Crippen molar-refractivity contribution in [1.82, 2.24) is 0 Å². The van der Waals surface area contributed by atoms with Crippen molar-refractivity contribution in [1.29, 1.82) is 0 Å². The summed E-state index contributed by atoms with van der Waals surface area (Å²) in [6.07, 6.45) is 1.17. The van der Waals surface area contributed by atoms with E-state index in [1.807, 2.05) is 67.6 Å². The minimum atomic E-state index is -0.909. The second-order valence-electron chi connectivity index (χ2n) is 5.68. The average Bonchev–Trinajstić information content (AvgIpc) is 2.97. The molecule has 3 nitrogen and oxygen atoms in total. The van der Waals surface area contributed by atoms with Crippen LogP contribution in [0.15, 0.2) is 65.8 Å². The second-order valence-corrected chi connectivity index (χ2v) is 5.68. The predicted octanol–water partition coefficient (Wildman–Crippen LogP) is 3.48. The van der Waals surface area contributed by atoms with Crippen molar-refractivity contribution >= 4 is 5.71 Å². The summed E-state index contributed by atoms with van der Waals surface area (Å²) in [4.78, 5) is 5.51. The van der Waals surface area contributed by atoms with Crippen molar-refractivity contribution in [2.75, 3.05) is 0 Å². The fraction of sp³-hybridized carbons (Fsp3) is 0.278. The van der Waals surface area contributed by atoms with E-state index in [4.69, 9.17) is 4.84 Å². The first-order valence-electron chi connectivity index (χ1n) is 7.21. The summed E-state index contributed by atoms with van der Waals surface area (Å²) < 4.78 is 0. The molecule has 0 fully saturated rings. The third-order valence-corrected chi connectivity index (χ3v) is 3.86. The standard InChI is InChI=1S/C18H19NO2/c1-18(20,15-10-6-3-7-11-15)13-16-12-17(19-21-16)14-8-4-2-5-9-14/h2-11,16,20H,12-13H2,1H3/t16-,18-/m0/s1. The third kappa shape index (κ3) is 3.14. The SMILES string of the molecule is C[C@](O)(C[C@@H]1CC(c2ccccc2)=NO1)c1ccccc1. The summed E-state index contributed by atoms with van der Waals surface area (Å²) in [5, 5.41) is 14.8. The maximum atomic E-state index is 10.7. The molecule has 1 N–H and O–H groups in total.